The van der Waals surface area contributed by atoms with Crippen molar-refractivity contribution >= 4 is 51.4 Å². The van der Waals surface area contributed by atoms with Gasteiger partial charge >= 0.3 is 0 Å². The lowest BCUT2D eigenvalue weighted by Crippen LogP contribution is -2.49. The second-order valence-corrected chi connectivity index (χ2v) is 16.0. The molecule has 3 N–H and O–H groups in total. The number of thiazole rings is 1. The molecule has 2 unspecified atom stereocenters. The zero-order valence-corrected chi connectivity index (χ0v) is 31.9. The summed E-state index contributed by atoms with van der Waals surface area (Å²) in [6.45, 7) is 12.5. The van der Waals surface area contributed by atoms with E-state index in [4.69, 9.17) is 9.47 Å². The predicted molar refractivity (Wildman–Crippen MR) is 202 cm³/mol. The maximum atomic E-state index is 12.5. The Bertz CT molecular complexity index is 1770. The number of carbonyl (C=O) groups is 3. The second kappa shape index (κ2) is 18.6. The van der Waals surface area contributed by atoms with Gasteiger partial charge in [-0.15, -0.1) is 17.9 Å². The number of H-pyrrole nitrogens is 1. The molecular weight excluding hydrogens is 691 g/mol. The molecule has 1 aliphatic heterocycles. The fourth-order valence-electron chi connectivity index (χ4n) is 5.58. The lowest BCUT2D eigenvalue weighted by Gasteiger charge is -2.26. The molecule has 1 aromatic carbocycles. The van der Waals surface area contributed by atoms with Gasteiger partial charge in [-0.2, -0.15) is 0 Å². The lowest BCUT2D eigenvalue weighted by atomic mass is 10.1. The Hall–Kier alpha value is -3.88. The number of nitrogens with one attached hydrogen (secondary N) is 3. The minimum absolute atomic E-state index is 0.00605. The summed E-state index contributed by atoms with van der Waals surface area (Å²) in [6.07, 6.45) is 10.5. The molecular formula is C37H51N5O7S2. The maximum Gasteiger partial charge on any atom is 0.252 e. The monoisotopic (exact) mass is 741 g/mol. The summed E-state index contributed by atoms with van der Waals surface area (Å²) in [7, 11) is 0.481. The minimum atomic E-state index is -1.14. The van der Waals surface area contributed by atoms with Crippen LogP contribution in [0.5, 0.6) is 5.75 Å². The number of unbranched alkanes of at least 4 members (excludes halogenated alkanes) is 2. The molecule has 14 heteroatoms. The summed E-state index contributed by atoms with van der Waals surface area (Å²) in [4.78, 5) is 56.2. The molecule has 3 fully saturated rings. The van der Waals surface area contributed by atoms with Gasteiger partial charge in [-0.1, -0.05) is 6.08 Å². The molecule has 12 nitrogen and oxygen atoms in total. The van der Waals surface area contributed by atoms with Crippen LogP contribution in [0, 0.1) is 13.8 Å². The van der Waals surface area contributed by atoms with Gasteiger partial charge in [0.25, 0.3) is 5.91 Å². The Labute approximate surface area is 306 Å². The minimum Gasteiger partial charge on any atom is -0.496 e. The lowest BCUT2D eigenvalue weighted by molar-refractivity contribution is -0.147. The Morgan fingerprint density at radius 1 is 1.24 bits per heavy atom. The maximum absolute atomic E-state index is 12.5. The van der Waals surface area contributed by atoms with Crippen molar-refractivity contribution in [2.75, 3.05) is 20.3 Å². The van der Waals surface area contributed by atoms with Gasteiger partial charge in [0, 0.05) is 47.3 Å². The summed E-state index contributed by atoms with van der Waals surface area (Å²) in [5.74, 6) is 0.712. The van der Waals surface area contributed by atoms with Gasteiger partial charge in [0.2, 0.25) is 12.3 Å². The SMILES string of the molecule is C=CCCCCO[C@H](C)C(=O)N1CCCC1C(=O)NC1CC1.CC1(S(=O)NC=O)CC1.COc1ccc2c(=O)cc(-c3nc(C)cs3)[nH]c2c1C. The first kappa shape index (κ1) is 39.9. The zero-order chi connectivity index (χ0) is 37.1. The highest BCUT2D eigenvalue weighted by molar-refractivity contribution is 7.85. The number of allylic oxidation sites excluding steroid dienone is 1. The number of aromatic nitrogens is 2. The summed E-state index contributed by atoms with van der Waals surface area (Å²) < 4.78 is 24.0. The van der Waals surface area contributed by atoms with E-state index in [-0.39, 0.29) is 28.0 Å². The first-order valence-corrected chi connectivity index (χ1v) is 19.5. The number of aromatic amines is 1. The molecule has 6 rings (SSSR count). The zero-order valence-electron chi connectivity index (χ0n) is 30.3. The molecule has 3 heterocycles. The van der Waals surface area contributed by atoms with E-state index in [1.807, 2.05) is 38.3 Å². The molecule has 2 aliphatic carbocycles. The van der Waals surface area contributed by atoms with Crippen LogP contribution in [0.2, 0.25) is 0 Å². The van der Waals surface area contributed by atoms with Crippen LogP contribution >= 0.6 is 11.3 Å². The Morgan fingerprint density at radius 2 is 1.98 bits per heavy atom. The van der Waals surface area contributed by atoms with Crippen molar-refractivity contribution in [2.45, 2.75) is 108 Å². The number of hydrogen-bond acceptors (Lipinski definition) is 9. The number of pyridine rings is 1. The van der Waals surface area contributed by atoms with Crippen LogP contribution in [0.1, 0.15) is 82.9 Å². The Kier molecular flexibility index (Phi) is 14.5. The van der Waals surface area contributed by atoms with Crippen LogP contribution in [0.15, 0.2) is 41.0 Å². The highest BCUT2D eigenvalue weighted by Crippen LogP contribution is 2.39. The predicted octanol–water partition coefficient (Wildman–Crippen LogP) is 5.24. The van der Waals surface area contributed by atoms with Crippen LogP contribution in [0.3, 0.4) is 0 Å². The number of amides is 3. The summed E-state index contributed by atoms with van der Waals surface area (Å²) in [6, 6.07) is 5.24. The molecule has 3 amide bonds. The van der Waals surface area contributed by atoms with Gasteiger partial charge in [0.05, 0.1) is 23.1 Å². The van der Waals surface area contributed by atoms with E-state index in [0.29, 0.717) is 31.0 Å². The normalized spacial score (nSPS) is 18.3. The third kappa shape index (κ3) is 11.1. The standard InChI is InChI=1S/C17H28N2O3.C15H14N2O2S.C5H9NO2S/c1-3-4-5-6-12-22-13(2)17(21)19-11-7-8-15(19)16(20)18-14-9-10-14;1-8-7-20-15(16-8)11-6-12(18)10-4-5-13(19-3)9(2)14(10)17-11;1-5(2-3-5)9(8)6-4-7/h3,13-15H,1,4-12H2,2H3,(H,18,20);4-7H,1-3H3,(H,17,18);4H,2-3H2,1H3,(H,6,7)/t13-,15?;;/m1../s1. The average Bonchev–Trinajstić information content (AvgIpc) is 3.98. The van der Waals surface area contributed by atoms with Crippen LogP contribution in [0.25, 0.3) is 21.6 Å². The summed E-state index contributed by atoms with van der Waals surface area (Å²) >= 11 is 1.52. The molecule has 0 bridgehead atoms. The van der Waals surface area contributed by atoms with Crippen molar-refractivity contribution in [1.82, 2.24) is 24.9 Å². The molecule has 3 atom stereocenters. The van der Waals surface area contributed by atoms with Gasteiger partial charge in [0.1, 0.15) is 33.9 Å². The van der Waals surface area contributed by atoms with E-state index in [9.17, 15) is 23.4 Å². The molecule has 278 valence electrons. The van der Waals surface area contributed by atoms with Crippen LogP contribution in [-0.2, 0) is 30.1 Å². The van der Waals surface area contributed by atoms with Gasteiger partial charge in [-0.3, -0.25) is 23.9 Å². The number of carbonyl (C=O) groups excluding carboxylic acids is 3. The third-order valence-electron chi connectivity index (χ3n) is 9.12. The first-order chi connectivity index (χ1) is 24.4. The number of aryl methyl sites for hydroxylation is 2. The van der Waals surface area contributed by atoms with E-state index < -0.39 is 17.1 Å². The van der Waals surface area contributed by atoms with Crippen LogP contribution in [-0.4, -0.2) is 80.5 Å². The highest BCUT2D eigenvalue weighted by atomic mass is 32.2. The summed E-state index contributed by atoms with van der Waals surface area (Å²) in [5.41, 5.74) is 3.43. The fourth-order valence-corrected chi connectivity index (χ4v) is 7.20. The second-order valence-electron chi connectivity index (χ2n) is 13.4. The van der Waals surface area contributed by atoms with Crippen molar-refractivity contribution in [3.05, 3.63) is 57.7 Å². The number of likely N-dealkylation sites (tertiary alicyclic amines) is 1. The van der Waals surface area contributed by atoms with E-state index in [0.717, 1.165) is 91.0 Å². The van der Waals surface area contributed by atoms with Crippen molar-refractivity contribution in [3.63, 3.8) is 0 Å². The first-order valence-electron chi connectivity index (χ1n) is 17.5. The van der Waals surface area contributed by atoms with Gasteiger partial charge in [0.15, 0.2) is 5.43 Å². The molecule has 3 aliphatic rings. The Balaban J connectivity index is 0.000000185. The van der Waals surface area contributed by atoms with Crippen molar-refractivity contribution < 1.29 is 28.1 Å². The largest absolute Gasteiger partial charge is 0.496 e. The Morgan fingerprint density at radius 3 is 2.59 bits per heavy atom. The van der Waals surface area contributed by atoms with E-state index >= 15 is 0 Å². The third-order valence-corrected chi connectivity index (χ3v) is 11.7. The fraction of sp³-hybridized carbons (Fsp3) is 0.541. The van der Waals surface area contributed by atoms with E-state index in [1.165, 1.54) is 11.3 Å². The van der Waals surface area contributed by atoms with Crippen molar-refractivity contribution in [3.8, 4) is 16.5 Å². The smallest absolute Gasteiger partial charge is 0.252 e. The van der Waals surface area contributed by atoms with E-state index in [2.05, 4.69) is 26.6 Å². The topological polar surface area (TPSA) is 160 Å². The van der Waals surface area contributed by atoms with Crippen LogP contribution in [0.4, 0.5) is 0 Å². The molecule has 0 radical (unpaired) electrons. The van der Waals surface area contributed by atoms with Crippen LogP contribution < -0.4 is 20.2 Å². The van der Waals surface area contributed by atoms with Crippen molar-refractivity contribution in [2.24, 2.45) is 0 Å². The molecule has 51 heavy (non-hydrogen) atoms. The quantitative estimate of drug-likeness (QED) is 0.115. The van der Waals surface area contributed by atoms with Gasteiger partial charge in [-0.05, 0) is 97.6 Å². The number of methoxy groups -OCH3 is 1. The number of ether oxygens (including phenoxy) is 2. The van der Waals surface area contributed by atoms with Gasteiger partial charge < -0.3 is 24.7 Å². The number of nitrogens with zero attached hydrogens (tertiary/aromatic N) is 2. The molecule has 2 aromatic heterocycles. The summed E-state index contributed by atoms with van der Waals surface area (Å²) in [5, 5.41) is 6.46. The number of hydrogen-bond donors (Lipinski definition) is 3. The highest BCUT2D eigenvalue weighted by Gasteiger charge is 2.44. The van der Waals surface area contributed by atoms with Gasteiger partial charge in [-0.25, -0.2) is 9.19 Å². The van der Waals surface area contributed by atoms with E-state index in [1.54, 1.807) is 31.1 Å². The number of benzene rings is 1. The average molecular weight is 742 g/mol. The molecule has 1 saturated heterocycles. The molecule has 3 aromatic rings. The molecule has 0 spiro atoms. The van der Waals surface area contributed by atoms with Crippen molar-refractivity contribution in [1.29, 1.82) is 0 Å². The number of fused-ring (bicyclic) bond motifs is 1. The number of rotatable bonds is 14. The molecule has 2 saturated carbocycles.